The maximum absolute atomic E-state index is 11.7. The van der Waals surface area contributed by atoms with Crippen molar-refractivity contribution >= 4 is 17.4 Å². The van der Waals surface area contributed by atoms with Crippen LogP contribution in [0.1, 0.15) is 34.1 Å². The zero-order chi connectivity index (χ0) is 10.4. The van der Waals surface area contributed by atoms with Crippen molar-refractivity contribution in [2.75, 3.05) is 0 Å². The van der Waals surface area contributed by atoms with Crippen LogP contribution in [0, 0.1) is 17.8 Å². The average Bonchev–Trinajstić information content (AvgIpc) is 2.04. The van der Waals surface area contributed by atoms with Gasteiger partial charge in [-0.2, -0.15) is 0 Å². The highest BCUT2D eigenvalue weighted by molar-refractivity contribution is 6.25. The first-order chi connectivity index (χ1) is 6.00. The number of carbonyl (C=O) groups is 1. The normalized spacial score (nSPS) is 14.4. The van der Waals surface area contributed by atoms with Crippen molar-refractivity contribution in [1.82, 2.24) is 0 Å². The molecule has 0 N–H and O–H groups in total. The molecule has 0 fully saturated rings. The molecule has 0 rings (SSSR count). The lowest BCUT2D eigenvalue weighted by Gasteiger charge is -2.19. The standard InChI is InChI=1S/C11H19ClO/c1-8(2)10(6-5-7-12)11(13)9(3)4/h5,7-10H,6H2,1-4H3/b7-5+/t10-/m0/s1. The Labute approximate surface area is 86.2 Å². The Balaban J connectivity index is 4.33. The van der Waals surface area contributed by atoms with Crippen LogP contribution in [-0.4, -0.2) is 5.78 Å². The summed E-state index contributed by atoms with van der Waals surface area (Å²) < 4.78 is 0. The number of halogens is 1. The summed E-state index contributed by atoms with van der Waals surface area (Å²) in [5.41, 5.74) is 1.49. The van der Waals surface area contributed by atoms with Crippen molar-refractivity contribution in [2.24, 2.45) is 17.8 Å². The van der Waals surface area contributed by atoms with E-state index in [9.17, 15) is 4.79 Å². The van der Waals surface area contributed by atoms with Crippen LogP contribution >= 0.6 is 11.6 Å². The fourth-order valence-electron chi connectivity index (χ4n) is 1.34. The van der Waals surface area contributed by atoms with Gasteiger partial charge in [0.2, 0.25) is 0 Å². The van der Waals surface area contributed by atoms with E-state index in [1.807, 2.05) is 19.9 Å². The van der Waals surface area contributed by atoms with Gasteiger partial charge in [-0.3, -0.25) is 4.79 Å². The summed E-state index contributed by atoms with van der Waals surface area (Å²) in [6.45, 7) is 8.05. The Hall–Kier alpha value is -0.300. The van der Waals surface area contributed by atoms with E-state index >= 15 is 0 Å². The molecular formula is C11H19ClO. The summed E-state index contributed by atoms with van der Waals surface area (Å²) in [6, 6.07) is 0. The number of rotatable bonds is 5. The molecule has 13 heavy (non-hydrogen) atoms. The molecular weight excluding hydrogens is 184 g/mol. The van der Waals surface area contributed by atoms with E-state index in [1.54, 1.807) is 0 Å². The first-order valence-corrected chi connectivity index (χ1v) is 5.23. The van der Waals surface area contributed by atoms with Crippen molar-refractivity contribution in [3.8, 4) is 0 Å². The molecule has 0 aromatic carbocycles. The molecule has 0 aliphatic heterocycles. The summed E-state index contributed by atoms with van der Waals surface area (Å²) in [5.74, 6) is 0.971. The van der Waals surface area contributed by atoms with Crippen LogP contribution in [0.5, 0.6) is 0 Å². The number of ketones is 1. The first kappa shape index (κ1) is 12.7. The largest absolute Gasteiger partial charge is 0.299 e. The van der Waals surface area contributed by atoms with Crippen molar-refractivity contribution in [2.45, 2.75) is 34.1 Å². The molecule has 0 heterocycles. The maximum Gasteiger partial charge on any atom is 0.139 e. The summed E-state index contributed by atoms with van der Waals surface area (Å²) in [5, 5.41) is 0. The van der Waals surface area contributed by atoms with E-state index in [-0.39, 0.29) is 11.8 Å². The lowest BCUT2D eigenvalue weighted by Crippen LogP contribution is -2.24. The Kier molecular flexibility index (Phi) is 6.06. The van der Waals surface area contributed by atoms with Crippen LogP contribution in [0.2, 0.25) is 0 Å². The second kappa shape index (κ2) is 6.20. The monoisotopic (exact) mass is 202 g/mol. The molecule has 0 amide bonds. The van der Waals surface area contributed by atoms with Crippen LogP contribution < -0.4 is 0 Å². The number of carbonyl (C=O) groups excluding carboxylic acids is 1. The van der Waals surface area contributed by atoms with Crippen molar-refractivity contribution in [3.05, 3.63) is 11.6 Å². The maximum atomic E-state index is 11.7. The van der Waals surface area contributed by atoms with Gasteiger partial charge in [0.15, 0.2) is 0 Å². The number of allylic oxidation sites excluding steroid dienone is 1. The molecule has 0 aliphatic rings. The minimum absolute atomic E-state index is 0.120. The zero-order valence-electron chi connectivity index (χ0n) is 8.88. The van der Waals surface area contributed by atoms with E-state index in [0.29, 0.717) is 11.7 Å². The number of hydrogen-bond acceptors (Lipinski definition) is 1. The fraction of sp³-hybridized carbons (Fsp3) is 0.727. The molecule has 1 atom stereocenters. The molecule has 0 spiro atoms. The van der Waals surface area contributed by atoms with Crippen LogP contribution in [0.3, 0.4) is 0 Å². The summed E-state index contributed by atoms with van der Waals surface area (Å²) in [6.07, 6.45) is 2.62. The van der Waals surface area contributed by atoms with E-state index in [0.717, 1.165) is 6.42 Å². The third kappa shape index (κ3) is 4.47. The van der Waals surface area contributed by atoms with Crippen LogP contribution in [0.15, 0.2) is 11.6 Å². The second-order valence-electron chi connectivity index (χ2n) is 4.00. The predicted octanol–water partition coefficient (Wildman–Crippen LogP) is 3.63. The van der Waals surface area contributed by atoms with E-state index in [1.165, 1.54) is 5.54 Å². The molecule has 0 aliphatic carbocycles. The highest BCUT2D eigenvalue weighted by Crippen LogP contribution is 2.20. The van der Waals surface area contributed by atoms with Gasteiger partial charge in [-0.25, -0.2) is 0 Å². The van der Waals surface area contributed by atoms with Crippen molar-refractivity contribution in [1.29, 1.82) is 0 Å². The van der Waals surface area contributed by atoms with Gasteiger partial charge in [0.05, 0.1) is 0 Å². The van der Waals surface area contributed by atoms with E-state index in [2.05, 4.69) is 13.8 Å². The van der Waals surface area contributed by atoms with Gasteiger partial charge < -0.3 is 0 Å². The molecule has 0 unspecified atom stereocenters. The van der Waals surface area contributed by atoms with Gasteiger partial charge in [0, 0.05) is 17.4 Å². The van der Waals surface area contributed by atoms with Crippen LogP contribution in [0.4, 0.5) is 0 Å². The van der Waals surface area contributed by atoms with E-state index in [4.69, 9.17) is 11.6 Å². The summed E-state index contributed by atoms with van der Waals surface area (Å²) in [4.78, 5) is 11.7. The molecule has 0 saturated carbocycles. The molecule has 0 aromatic rings. The topological polar surface area (TPSA) is 17.1 Å². The molecule has 0 saturated heterocycles. The second-order valence-corrected chi connectivity index (χ2v) is 4.26. The Morgan fingerprint density at radius 2 is 1.85 bits per heavy atom. The van der Waals surface area contributed by atoms with Crippen LogP contribution in [-0.2, 0) is 4.79 Å². The number of hydrogen-bond donors (Lipinski definition) is 0. The zero-order valence-corrected chi connectivity index (χ0v) is 9.64. The van der Waals surface area contributed by atoms with Gasteiger partial charge in [-0.15, -0.1) is 0 Å². The van der Waals surface area contributed by atoms with E-state index < -0.39 is 0 Å². The Bertz CT molecular complexity index is 183. The SMILES string of the molecule is CC(C)C(=O)[C@@H](C/C=C/Cl)C(C)C. The summed E-state index contributed by atoms with van der Waals surface area (Å²) >= 11 is 5.44. The molecule has 0 bridgehead atoms. The fourth-order valence-corrected chi connectivity index (χ4v) is 1.45. The third-order valence-corrected chi connectivity index (χ3v) is 2.40. The number of Topliss-reactive ketones (excluding diaryl/α,β-unsaturated/α-hetero) is 1. The highest BCUT2D eigenvalue weighted by Gasteiger charge is 2.22. The summed E-state index contributed by atoms with van der Waals surface area (Å²) in [7, 11) is 0. The molecule has 1 nitrogen and oxygen atoms in total. The minimum Gasteiger partial charge on any atom is -0.299 e. The molecule has 76 valence electrons. The third-order valence-electron chi connectivity index (χ3n) is 2.22. The van der Waals surface area contributed by atoms with Gasteiger partial charge in [0.25, 0.3) is 0 Å². The van der Waals surface area contributed by atoms with Gasteiger partial charge in [0.1, 0.15) is 5.78 Å². The predicted molar refractivity (Wildman–Crippen MR) is 57.8 cm³/mol. The van der Waals surface area contributed by atoms with Crippen molar-refractivity contribution < 1.29 is 4.79 Å². The lowest BCUT2D eigenvalue weighted by molar-refractivity contribution is -0.127. The smallest absolute Gasteiger partial charge is 0.139 e. The van der Waals surface area contributed by atoms with Crippen molar-refractivity contribution in [3.63, 3.8) is 0 Å². The first-order valence-electron chi connectivity index (χ1n) is 4.79. The van der Waals surface area contributed by atoms with Gasteiger partial charge >= 0.3 is 0 Å². The average molecular weight is 203 g/mol. The lowest BCUT2D eigenvalue weighted by atomic mass is 9.84. The highest BCUT2D eigenvalue weighted by atomic mass is 35.5. The Morgan fingerprint density at radius 1 is 1.31 bits per heavy atom. The molecule has 0 aromatic heterocycles. The van der Waals surface area contributed by atoms with Crippen LogP contribution in [0.25, 0.3) is 0 Å². The molecule has 0 radical (unpaired) electrons. The quantitative estimate of drug-likeness (QED) is 0.666. The van der Waals surface area contributed by atoms with Gasteiger partial charge in [-0.05, 0) is 12.3 Å². The Morgan fingerprint density at radius 3 is 2.15 bits per heavy atom. The minimum atomic E-state index is 0.120. The molecule has 2 heteroatoms. The van der Waals surface area contributed by atoms with Gasteiger partial charge in [-0.1, -0.05) is 45.4 Å².